The molecule has 0 radical (unpaired) electrons. The van der Waals surface area contributed by atoms with E-state index in [4.69, 9.17) is 4.74 Å². The van der Waals surface area contributed by atoms with Gasteiger partial charge >= 0.3 is 11.9 Å². The molecule has 0 amide bonds. The van der Waals surface area contributed by atoms with Crippen molar-refractivity contribution in [2.75, 3.05) is 21.3 Å². The Labute approximate surface area is 153 Å². The van der Waals surface area contributed by atoms with E-state index in [0.29, 0.717) is 11.3 Å². The SMILES string of the molecule is COC(=O)c1sc(S(=O)(=O)N(C)Cc2ccsc2)c(C(=O)OC)c1C. The van der Waals surface area contributed by atoms with Gasteiger partial charge in [-0.2, -0.15) is 15.6 Å². The Balaban J connectivity index is 2.55. The summed E-state index contributed by atoms with van der Waals surface area (Å²) >= 11 is 2.17. The van der Waals surface area contributed by atoms with Crippen molar-refractivity contribution >= 4 is 44.6 Å². The monoisotopic (exact) mass is 403 g/mol. The zero-order chi connectivity index (χ0) is 18.8. The smallest absolute Gasteiger partial charge is 0.348 e. The number of ether oxygens (including phenoxy) is 2. The van der Waals surface area contributed by atoms with Crippen molar-refractivity contribution in [2.24, 2.45) is 0 Å². The summed E-state index contributed by atoms with van der Waals surface area (Å²) in [6.07, 6.45) is 0. The lowest BCUT2D eigenvalue weighted by atomic mass is 10.2. The Morgan fingerprint density at radius 1 is 1.20 bits per heavy atom. The van der Waals surface area contributed by atoms with Crippen LogP contribution in [0.3, 0.4) is 0 Å². The number of sulfonamides is 1. The fourth-order valence-electron chi connectivity index (χ4n) is 2.16. The fraction of sp³-hybridized carbons (Fsp3) is 0.333. The first-order chi connectivity index (χ1) is 11.7. The maximum absolute atomic E-state index is 13.0. The lowest BCUT2D eigenvalue weighted by Crippen LogP contribution is -2.27. The molecule has 0 N–H and O–H groups in total. The Bertz CT molecular complexity index is 883. The van der Waals surface area contributed by atoms with E-state index < -0.39 is 22.0 Å². The minimum absolute atomic E-state index is 0.0606. The average molecular weight is 404 g/mol. The molecule has 0 aliphatic rings. The quantitative estimate of drug-likeness (QED) is 0.689. The first-order valence-electron chi connectivity index (χ1n) is 7.01. The van der Waals surface area contributed by atoms with Crippen LogP contribution in [-0.4, -0.2) is 45.9 Å². The van der Waals surface area contributed by atoms with Crippen LogP contribution in [0.4, 0.5) is 0 Å². The second kappa shape index (κ2) is 7.65. The van der Waals surface area contributed by atoms with Crippen molar-refractivity contribution in [2.45, 2.75) is 17.7 Å². The first kappa shape index (κ1) is 19.6. The number of carbonyl (C=O) groups is 2. The highest BCUT2D eigenvalue weighted by molar-refractivity contribution is 7.91. The number of hydrogen-bond donors (Lipinski definition) is 0. The standard InChI is InChI=1S/C15H17NO6S3/c1-9-11(13(17)21-3)15(24-12(9)14(18)22-4)25(19,20)16(2)7-10-5-6-23-8-10/h5-6,8H,7H2,1-4H3. The Kier molecular flexibility index (Phi) is 5.99. The number of esters is 2. The van der Waals surface area contributed by atoms with E-state index in [1.54, 1.807) is 0 Å². The van der Waals surface area contributed by atoms with Gasteiger partial charge in [-0.3, -0.25) is 0 Å². The van der Waals surface area contributed by atoms with Gasteiger partial charge in [-0.15, -0.1) is 11.3 Å². The van der Waals surface area contributed by atoms with E-state index in [0.717, 1.165) is 17.0 Å². The molecule has 0 aromatic carbocycles. The lowest BCUT2D eigenvalue weighted by Gasteiger charge is -2.16. The molecule has 2 aromatic rings. The van der Waals surface area contributed by atoms with Crippen molar-refractivity contribution in [3.05, 3.63) is 38.4 Å². The maximum atomic E-state index is 13.0. The van der Waals surface area contributed by atoms with Gasteiger partial charge in [-0.25, -0.2) is 18.0 Å². The van der Waals surface area contributed by atoms with E-state index in [1.165, 1.54) is 32.4 Å². The van der Waals surface area contributed by atoms with Crippen LogP contribution in [0.2, 0.25) is 0 Å². The number of carbonyl (C=O) groups excluding carboxylic acids is 2. The molecule has 0 atom stereocenters. The number of rotatable bonds is 6. The minimum atomic E-state index is -4.00. The molecular formula is C15H17NO6S3. The third kappa shape index (κ3) is 3.76. The van der Waals surface area contributed by atoms with Crippen LogP contribution in [0.1, 0.15) is 31.2 Å². The molecule has 2 aromatic heterocycles. The zero-order valence-electron chi connectivity index (χ0n) is 14.1. The number of nitrogens with zero attached hydrogens (tertiary/aromatic N) is 1. The number of thiophene rings is 2. The van der Waals surface area contributed by atoms with Gasteiger partial charge in [0.1, 0.15) is 4.88 Å². The van der Waals surface area contributed by atoms with Crippen LogP contribution < -0.4 is 0 Å². The van der Waals surface area contributed by atoms with E-state index in [9.17, 15) is 18.0 Å². The predicted molar refractivity (Wildman–Crippen MR) is 94.7 cm³/mol. The lowest BCUT2D eigenvalue weighted by molar-refractivity contribution is 0.0596. The van der Waals surface area contributed by atoms with Crippen LogP contribution in [-0.2, 0) is 26.0 Å². The van der Waals surface area contributed by atoms with Gasteiger partial charge in [0.2, 0.25) is 0 Å². The van der Waals surface area contributed by atoms with Crippen LogP contribution in [0.25, 0.3) is 0 Å². The molecule has 0 fully saturated rings. The van der Waals surface area contributed by atoms with Gasteiger partial charge in [-0.1, -0.05) is 0 Å². The first-order valence-corrected chi connectivity index (χ1v) is 10.2. The van der Waals surface area contributed by atoms with Crippen LogP contribution in [0.15, 0.2) is 21.0 Å². The summed E-state index contributed by atoms with van der Waals surface area (Å²) in [5.41, 5.74) is 0.924. The normalized spacial score (nSPS) is 11.6. The summed E-state index contributed by atoms with van der Waals surface area (Å²) in [7, 11) is -0.233. The molecule has 0 bridgehead atoms. The summed E-state index contributed by atoms with van der Waals surface area (Å²) in [6, 6.07) is 1.82. The van der Waals surface area contributed by atoms with E-state index in [1.807, 2.05) is 16.8 Å². The van der Waals surface area contributed by atoms with Gasteiger partial charge in [-0.05, 0) is 34.9 Å². The largest absolute Gasteiger partial charge is 0.465 e. The summed E-state index contributed by atoms with van der Waals surface area (Å²) in [5.74, 6) is -1.51. The van der Waals surface area contributed by atoms with Crippen LogP contribution >= 0.6 is 22.7 Å². The predicted octanol–water partition coefficient (Wildman–Crippen LogP) is 2.51. The van der Waals surface area contributed by atoms with E-state index >= 15 is 0 Å². The van der Waals surface area contributed by atoms with Crippen LogP contribution in [0.5, 0.6) is 0 Å². The van der Waals surface area contributed by atoms with Crippen molar-refractivity contribution in [1.82, 2.24) is 4.31 Å². The van der Waals surface area contributed by atoms with Gasteiger partial charge in [0.25, 0.3) is 10.0 Å². The van der Waals surface area contributed by atoms with E-state index in [2.05, 4.69) is 4.74 Å². The van der Waals surface area contributed by atoms with Crippen molar-refractivity contribution < 1.29 is 27.5 Å². The van der Waals surface area contributed by atoms with Crippen molar-refractivity contribution in [3.63, 3.8) is 0 Å². The average Bonchev–Trinajstić information content (AvgIpc) is 3.21. The highest BCUT2D eigenvalue weighted by Gasteiger charge is 2.34. The molecular weight excluding hydrogens is 386 g/mol. The molecule has 0 saturated carbocycles. The number of methoxy groups -OCH3 is 2. The van der Waals surface area contributed by atoms with Gasteiger partial charge in [0, 0.05) is 13.6 Å². The molecule has 136 valence electrons. The molecule has 0 unspecified atom stereocenters. The topological polar surface area (TPSA) is 90.0 Å². The minimum Gasteiger partial charge on any atom is -0.465 e. The fourth-order valence-corrected chi connectivity index (χ4v) is 5.92. The molecule has 25 heavy (non-hydrogen) atoms. The van der Waals surface area contributed by atoms with E-state index in [-0.39, 0.29) is 26.8 Å². The molecule has 0 saturated heterocycles. The summed E-state index contributed by atoms with van der Waals surface area (Å²) in [6.45, 7) is 1.64. The Morgan fingerprint density at radius 3 is 2.36 bits per heavy atom. The van der Waals surface area contributed by atoms with Crippen molar-refractivity contribution in [3.8, 4) is 0 Å². The van der Waals surface area contributed by atoms with Gasteiger partial charge in [0.15, 0.2) is 4.21 Å². The van der Waals surface area contributed by atoms with Gasteiger partial charge < -0.3 is 9.47 Å². The molecule has 0 spiro atoms. The summed E-state index contributed by atoms with van der Waals surface area (Å²) in [5, 5.41) is 3.69. The van der Waals surface area contributed by atoms with Crippen molar-refractivity contribution in [1.29, 1.82) is 0 Å². The Morgan fingerprint density at radius 2 is 1.84 bits per heavy atom. The molecule has 0 aliphatic heterocycles. The molecule has 7 nitrogen and oxygen atoms in total. The molecule has 2 rings (SSSR count). The molecule has 10 heteroatoms. The molecule has 0 aliphatic carbocycles. The third-order valence-corrected chi connectivity index (χ3v) is 7.81. The Hall–Kier alpha value is -1.75. The summed E-state index contributed by atoms with van der Waals surface area (Å²) in [4.78, 5) is 24.1. The van der Waals surface area contributed by atoms with Crippen LogP contribution in [0, 0.1) is 6.92 Å². The second-order valence-electron chi connectivity index (χ2n) is 5.09. The number of hydrogen-bond acceptors (Lipinski definition) is 8. The molecule has 2 heterocycles. The maximum Gasteiger partial charge on any atom is 0.348 e. The second-order valence-corrected chi connectivity index (χ2v) is 9.14. The zero-order valence-corrected chi connectivity index (χ0v) is 16.5. The van der Waals surface area contributed by atoms with Gasteiger partial charge in [0.05, 0.1) is 19.8 Å². The summed E-state index contributed by atoms with van der Waals surface area (Å²) < 4.78 is 36.2. The highest BCUT2D eigenvalue weighted by atomic mass is 32.2. The third-order valence-electron chi connectivity index (χ3n) is 3.50. The highest BCUT2D eigenvalue weighted by Crippen LogP contribution is 2.35.